The van der Waals surface area contributed by atoms with Crippen LogP contribution in [0.5, 0.6) is 0 Å². The SMILES string of the molecule is COC1N=NC(OC)C1S(=O)(=O)Cl. The molecule has 0 amide bonds. The molecule has 8 heteroatoms. The summed E-state index contributed by atoms with van der Waals surface area (Å²) >= 11 is 0. The highest BCUT2D eigenvalue weighted by Crippen LogP contribution is 2.26. The van der Waals surface area contributed by atoms with E-state index in [9.17, 15) is 8.42 Å². The predicted octanol–water partition coefficient (Wildman–Crippen LogP) is 0.334. The average molecular weight is 229 g/mol. The summed E-state index contributed by atoms with van der Waals surface area (Å²) in [5.74, 6) is 0. The molecule has 76 valence electrons. The minimum atomic E-state index is -3.79. The summed E-state index contributed by atoms with van der Waals surface area (Å²) in [6.07, 6.45) is -1.76. The maximum atomic E-state index is 11.1. The highest BCUT2D eigenvalue weighted by molar-refractivity contribution is 8.14. The summed E-state index contributed by atoms with van der Waals surface area (Å²) in [7, 11) is 4.05. The molecule has 1 rings (SSSR count). The number of nitrogens with zero attached hydrogens (tertiary/aromatic N) is 2. The molecule has 0 N–H and O–H groups in total. The Kier molecular flexibility index (Phi) is 3.23. The number of halogens is 1. The third-order valence-electron chi connectivity index (χ3n) is 1.66. The summed E-state index contributed by atoms with van der Waals surface area (Å²) in [5, 5.41) is 6.07. The lowest BCUT2D eigenvalue weighted by Gasteiger charge is -2.15. The molecule has 1 aliphatic rings. The van der Waals surface area contributed by atoms with Crippen molar-refractivity contribution in [2.75, 3.05) is 14.2 Å². The molecule has 0 aliphatic carbocycles. The molecular weight excluding hydrogens is 220 g/mol. The van der Waals surface area contributed by atoms with Gasteiger partial charge in [-0.15, -0.1) is 0 Å². The first-order chi connectivity index (χ1) is 6.00. The van der Waals surface area contributed by atoms with Crippen LogP contribution in [-0.4, -0.2) is 40.3 Å². The van der Waals surface area contributed by atoms with E-state index in [-0.39, 0.29) is 0 Å². The van der Waals surface area contributed by atoms with E-state index < -0.39 is 26.8 Å². The molecule has 0 spiro atoms. The van der Waals surface area contributed by atoms with E-state index >= 15 is 0 Å². The van der Waals surface area contributed by atoms with Crippen molar-refractivity contribution in [3.63, 3.8) is 0 Å². The van der Waals surface area contributed by atoms with Crippen LogP contribution in [0.1, 0.15) is 0 Å². The maximum Gasteiger partial charge on any atom is 0.244 e. The van der Waals surface area contributed by atoms with E-state index in [0.29, 0.717) is 0 Å². The van der Waals surface area contributed by atoms with Gasteiger partial charge in [0.05, 0.1) is 0 Å². The fraction of sp³-hybridized carbons (Fsp3) is 1.00. The van der Waals surface area contributed by atoms with Crippen molar-refractivity contribution < 1.29 is 17.9 Å². The Hall–Kier alpha value is -0.240. The van der Waals surface area contributed by atoms with Gasteiger partial charge in [-0.1, -0.05) is 0 Å². The Morgan fingerprint density at radius 2 is 1.54 bits per heavy atom. The van der Waals surface area contributed by atoms with Gasteiger partial charge in [0.25, 0.3) is 0 Å². The second-order valence-corrected chi connectivity index (χ2v) is 5.21. The van der Waals surface area contributed by atoms with Gasteiger partial charge in [-0.3, -0.25) is 0 Å². The largest absolute Gasteiger partial charge is 0.356 e. The third-order valence-corrected chi connectivity index (χ3v) is 3.40. The van der Waals surface area contributed by atoms with Crippen LogP contribution in [0.3, 0.4) is 0 Å². The monoisotopic (exact) mass is 228 g/mol. The lowest BCUT2D eigenvalue weighted by atomic mass is 10.3. The van der Waals surface area contributed by atoms with Crippen molar-refractivity contribution >= 4 is 19.7 Å². The zero-order chi connectivity index (χ0) is 10.1. The highest BCUT2D eigenvalue weighted by Gasteiger charge is 2.44. The quantitative estimate of drug-likeness (QED) is 0.653. The second kappa shape index (κ2) is 3.87. The summed E-state index contributed by atoms with van der Waals surface area (Å²) < 4.78 is 31.7. The van der Waals surface area contributed by atoms with Crippen LogP contribution in [0.2, 0.25) is 0 Å². The van der Waals surface area contributed by atoms with E-state index in [1.165, 1.54) is 14.2 Å². The first-order valence-electron chi connectivity index (χ1n) is 3.39. The summed E-state index contributed by atoms with van der Waals surface area (Å²) in [6, 6.07) is 0. The van der Waals surface area contributed by atoms with Gasteiger partial charge in [-0.2, -0.15) is 10.2 Å². The smallest absolute Gasteiger partial charge is 0.244 e. The highest BCUT2D eigenvalue weighted by atomic mass is 35.7. The molecule has 0 aromatic rings. The van der Waals surface area contributed by atoms with Gasteiger partial charge in [0.1, 0.15) is 0 Å². The van der Waals surface area contributed by atoms with E-state index in [4.69, 9.17) is 20.2 Å². The lowest BCUT2D eigenvalue weighted by Crippen LogP contribution is -2.37. The second-order valence-electron chi connectivity index (χ2n) is 2.42. The first kappa shape index (κ1) is 10.8. The van der Waals surface area contributed by atoms with Gasteiger partial charge < -0.3 is 9.47 Å². The van der Waals surface area contributed by atoms with Crippen LogP contribution >= 0.6 is 10.7 Å². The van der Waals surface area contributed by atoms with E-state index in [1.54, 1.807) is 0 Å². The van der Waals surface area contributed by atoms with E-state index in [0.717, 1.165) is 0 Å². The topological polar surface area (TPSA) is 77.3 Å². The summed E-state index contributed by atoms with van der Waals surface area (Å²) in [6.45, 7) is 0. The van der Waals surface area contributed by atoms with Gasteiger partial charge in [0, 0.05) is 24.9 Å². The van der Waals surface area contributed by atoms with E-state index in [2.05, 4.69) is 10.2 Å². The number of methoxy groups -OCH3 is 2. The van der Waals surface area contributed by atoms with Crippen molar-refractivity contribution in [2.45, 2.75) is 17.7 Å². The maximum absolute atomic E-state index is 11.1. The molecule has 0 aromatic heterocycles. The van der Waals surface area contributed by atoms with Crippen molar-refractivity contribution in [1.82, 2.24) is 0 Å². The van der Waals surface area contributed by atoms with Crippen molar-refractivity contribution in [3.8, 4) is 0 Å². The van der Waals surface area contributed by atoms with Gasteiger partial charge in [-0.05, 0) is 0 Å². The standard InChI is InChI=1S/C5H9ClN2O4S/c1-11-4-3(13(6,9)10)5(12-2)8-7-4/h3-5H,1-2H3. The number of hydrogen-bond acceptors (Lipinski definition) is 6. The van der Waals surface area contributed by atoms with Crippen molar-refractivity contribution in [3.05, 3.63) is 0 Å². The molecular formula is C5H9ClN2O4S. The minimum Gasteiger partial charge on any atom is -0.356 e. The van der Waals surface area contributed by atoms with Gasteiger partial charge >= 0.3 is 0 Å². The molecule has 13 heavy (non-hydrogen) atoms. The van der Waals surface area contributed by atoms with Crippen LogP contribution in [-0.2, 0) is 18.5 Å². The summed E-state index contributed by atoms with van der Waals surface area (Å²) in [4.78, 5) is 0. The zero-order valence-electron chi connectivity index (χ0n) is 7.05. The molecule has 0 aromatic carbocycles. The number of azo groups is 1. The molecule has 2 atom stereocenters. The molecule has 1 heterocycles. The average Bonchev–Trinajstić information content (AvgIpc) is 2.45. The zero-order valence-corrected chi connectivity index (χ0v) is 8.62. The lowest BCUT2D eigenvalue weighted by molar-refractivity contribution is 0.0646. The molecule has 2 unspecified atom stereocenters. The van der Waals surface area contributed by atoms with Crippen LogP contribution in [0.15, 0.2) is 10.2 Å². The Balaban J connectivity index is 2.91. The molecule has 0 radical (unpaired) electrons. The number of hydrogen-bond donors (Lipinski definition) is 0. The first-order valence-corrected chi connectivity index (χ1v) is 5.77. The summed E-state index contributed by atoms with van der Waals surface area (Å²) in [5.41, 5.74) is 0. The Morgan fingerprint density at radius 3 is 1.77 bits per heavy atom. The number of rotatable bonds is 3. The Morgan fingerprint density at radius 1 is 1.15 bits per heavy atom. The molecule has 0 saturated heterocycles. The molecule has 0 saturated carbocycles. The van der Waals surface area contributed by atoms with E-state index in [1.807, 2.05) is 0 Å². The minimum absolute atomic E-state index is 0.882. The number of ether oxygens (including phenoxy) is 2. The van der Waals surface area contributed by atoms with Crippen LogP contribution in [0, 0.1) is 0 Å². The fourth-order valence-corrected chi connectivity index (χ4v) is 2.46. The van der Waals surface area contributed by atoms with Gasteiger partial charge in [0.15, 0.2) is 17.7 Å². The Labute approximate surface area is 80.3 Å². The molecule has 1 aliphatic heterocycles. The molecule has 6 nitrogen and oxygen atoms in total. The Bertz CT molecular complexity index is 290. The van der Waals surface area contributed by atoms with Crippen LogP contribution < -0.4 is 0 Å². The third kappa shape index (κ3) is 2.16. The van der Waals surface area contributed by atoms with Crippen LogP contribution in [0.4, 0.5) is 0 Å². The van der Waals surface area contributed by atoms with Crippen molar-refractivity contribution in [1.29, 1.82) is 0 Å². The molecule has 0 fully saturated rings. The molecule has 0 bridgehead atoms. The van der Waals surface area contributed by atoms with Crippen LogP contribution in [0.25, 0.3) is 0 Å². The fourth-order valence-electron chi connectivity index (χ4n) is 1.04. The van der Waals surface area contributed by atoms with Gasteiger partial charge in [-0.25, -0.2) is 8.42 Å². The predicted molar refractivity (Wildman–Crippen MR) is 45.0 cm³/mol. The van der Waals surface area contributed by atoms with Crippen molar-refractivity contribution in [2.24, 2.45) is 10.2 Å². The normalized spacial score (nSPS) is 33.9. The van der Waals surface area contributed by atoms with Gasteiger partial charge in [0.2, 0.25) is 9.05 Å².